The van der Waals surface area contributed by atoms with E-state index in [9.17, 15) is 18.3 Å². The van der Waals surface area contributed by atoms with Gasteiger partial charge in [-0.2, -0.15) is 13.2 Å². The fourth-order valence-electron chi connectivity index (χ4n) is 1.63. The van der Waals surface area contributed by atoms with Gasteiger partial charge in [-0.15, -0.1) is 0 Å². The molecule has 0 aliphatic carbocycles. The monoisotopic (exact) mass is 213 g/mol. The third-order valence-electron chi connectivity index (χ3n) is 2.38. The van der Waals surface area contributed by atoms with Crippen LogP contribution in [0.3, 0.4) is 0 Å². The van der Waals surface area contributed by atoms with Gasteiger partial charge in [0.25, 0.3) is 0 Å². The van der Waals surface area contributed by atoms with Crippen molar-refractivity contribution in [1.82, 2.24) is 4.90 Å². The van der Waals surface area contributed by atoms with E-state index in [0.29, 0.717) is 0 Å². The van der Waals surface area contributed by atoms with Gasteiger partial charge in [-0.05, 0) is 13.3 Å². The van der Waals surface area contributed by atoms with Crippen molar-refractivity contribution in [3.63, 3.8) is 0 Å². The Morgan fingerprint density at radius 3 is 2.43 bits per heavy atom. The Labute approximate surface area is 80.1 Å². The Hall–Kier alpha value is -0.330. The molecule has 3 nitrogen and oxygen atoms in total. The van der Waals surface area contributed by atoms with Crippen LogP contribution in [0.2, 0.25) is 0 Å². The third kappa shape index (κ3) is 2.37. The Kier molecular flexibility index (Phi) is 3.08. The van der Waals surface area contributed by atoms with Gasteiger partial charge in [0.2, 0.25) is 0 Å². The van der Waals surface area contributed by atoms with E-state index in [-0.39, 0.29) is 19.5 Å². The number of aliphatic hydroxyl groups excluding tert-OH is 1. The molecule has 6 heteroatoms. The molecule has 2 N–H and O–H groups in total. The van der Waals surface area contributed by atoms with Crippen LogP contribution in [0, 0.1) is 0 Å². The summed E-state index contributed by atoms with van der Waals surface area (Å²) in [7, 11) is 0. The summed E-state index contributed by atoms with van der Waals surface area (Å²) in [5.41, 5.74) is -2.60. The number of hydrogen-bond donors (Lipinski definition) is 2. The van der Waals surface area contributed by atoms with E-state index in [0.717, 1.165) is 0 Å². The number of hydrogen-bond acceptors (Lipinski definition) is 3. The summed E-state index contributed by atoms with van der Waals surface area (Å²) in [6.45, 7) is 1.39. The van der Waals surface area contributed by atoms with Crippen molar-refractivity contribution in [2.24, 2.45) is 0 Å². The number of nitrogens with zero attached hydrogens (tertiary/aromatic N) is 1. The minimum Gasteiger partial charge on any atom is -0.392 e. The molecule has 0 radical (unpaired) electrons. The Bertz CT molecular complexity index is 207. The number of likely N-dealkylation sites (tertiary alicyclic amines) is 1. The molecule has 2 unspecified atom stereocenters. The molecule has 0 aromatic heterocycles. The average Bonchev–Trinajstić information content (AvgIpc) is 2.30. The highest BCUT2D eigenvalue weighted by atomic mass is 19.4. The van der Waals surface area contributed by atoms with Crippen LogP contribution in [0.4, 0.5) is 13.2 Å². The number of β-amino-alcohol motifs (C(OH)–C–C–N with tert-alkyl or cyclic N) is 2. The second-order valence-corrected chi connectivity index (χ2v) is 3.86. The van der Waals surface area contributed by atoms with E-state index in [2.05, 4.69) is 0 Å². The second kappa shape index (κ2) is 3.67. The van der Waals surface area contributed by atoms with Crippen LogP contribution in [0.5, 0.6) is 0 Å². The van der Waals surface area contributed by atoms with Gasteiger partial charge in [0.05, 0.1) is 6.10 Å². The predicted molar refractivity (Wildman–Crippen MR) is 43.7 cm³/mol. The molecule has 1 fully saturated rings. The van der Waals surface area contributed by atoms with Crippen molar-refractivity contribution >= 4 is 0 Å². The fourth-order valence-corrected chi connectivity index (χ4v) is 1.63. The molecule has 0 amide bonds. The number of halogens is 3. The maximum Gasteiger partial charge on any atom is 0.418 e. The second-order valence-electron chi connectivity index (χ2n) is 3.86. The van der Waals surface area contributed by atoms with Crippen molar-refractivity contribution in [2.45, 2.75) is 31.2 Å². The van der Waals surface area contributed by atoms with E-state index in [1.165, 1.54) is 11.8 Å². The summed E-state index contributed by atoms with van der Waals surface area (Å²) in [6, 6.07) is 0. The molecular formula is C8H14F3NO2. The van der Waals surface area contributed by atoms with Crippen LogP contribution in [0.25, 0.3) is 0 Å². The van der Waals surface area contributed by atoms with Crippen LogP contribution in [-0.2, 0) is 0 Å². The third-order valence-corrected chi connectivity index (χ3v) is 2.38. The number of rotatable bonds is 2. The summed E-state index contributed by atoms with van der Waals surface area (Å²) in [6.07, 6.45) is -5.57. The molecule has 0 aromatic carbocycles. The first kappa shape index (κ1) is 11.7. The van der Waals surface area contributed by atoms with E-state index in [1.807, 2.05) is 0 Å². The summed E-state index contributed by atoms with van der Waals surface area (Å²) < 4.78 is 36.9. The number of alkyl halides is 3. The van der Waals surface area contributed by atoms with Gasteiger partial charge in [-0.1, -0.05) is 0 Å². The maximum absolute atomic E-state index is 12.3. The lowest BCUT2D eigenvalue weighted by Crippen LogP contribution is -2.47. The Morgan fingerprint density at radius 1 is 1.50 bits per heavy atom. The molecule has 84 valence electrons. The van der Waals surface area contributed by atoms with Gasteiger partial charge in [-0.3, -0.25) is 4.90 Å². The van der Waals surface area contributed by atoms with Crippen LogP contribution in [0.1, 0.15) is 13.3 Å². The minimum absolute atomic E-state index is 0.165. The average molecular weight is 213 g/mol. The molecule has 2 atom stereocenters. The standard InChI is InChI=1S/C8H14F3NO2/c1-6(13)4-12-3-2-7(14,5-12)8(9,10)11/h6,13-14H,2-5H2,1H3. The highest BCUT2D eigenvalue weighted by Crippen LogP contribution is 2.37. The Morgan fingerprint density at radius 2 is 2.07 bits per heavy atom. The van der Waals surface area contributed by atoms with Crippen LogP contribution < -0.4 is 0 Å². The van der Waals surface area contributed by atoms with Gasteiger partial charge in [0, 0.05) is 19.6 Å². The predicted octanol–water partition coefficient (Wildman–Crippen LogP) is 0.366. The van der Waals surface area contributed by atoms with E-state index in [4.69, 9.17) is 5.11 Å². The first-order valence-corrected chi connectivity index (χ1v) is 4.44. The normalized spacial score (nSPS) is 32.1. The van der Waals surface area contributed by atoms with Gasteiger partial charge in [0.1, 0.15) is 0 Å². The van der Waals surface area contributed by atoms with Crippen molar-refractivity contribution in [3.05, 3.63) is 0 Å². The quantitative estimate of drug-likeness (QED) is 0.696. The van der Waals surface area contributed by atoms with E-state index >= 15 is 0 Å². The summed E-state index contributed by atoms with van der Waals surface area (Å²) >= 11 is 0. The first-order valence-electron chi connectivity index (χ1n) is 4.44. The van der Waals surface area contributed by atoms with Crippen molar-refractivity contribution in [1.29, 1.82) is 0 Å². The summed E-state index contributed by atoms with van der Waals surface area (Å²) in [5, 5.41) is 18.2. The lowest BCUT2D eigenvalue weighted by atomic mass is 10.0. The van der Waals surface area contributed by atoms with E-state index in [1.54, 1.807) is 0 Å². The zero-order valence-electron chi connectivity index (χ0n) is 7.88. The molecule has 1 aliphatic rings. The molecular weight excluding hydrogens is 199 g/mol. The zero-order valence-corrected chi connectivity index (χ0v) is 7.88. The van der Waals surface area contributed by atoms with Crippen LogP contribution >= 0.6 is 0 Å². The Balaban J connectivity index is 2.56. The molecule has 1 rings (SSSR count). The van der Waals surface area contributed by atoms with Crippen molar-refractivity contribution < 1.29 is 23.4 Å². The summed E-state index contributed by atoms with van der Waals surface area (Å²) in [4.78, 5) is 1.41. The lowest BCUT2D eigenvalue weighted by Gasteiger charge is -2.26. The minimum atomic E-state index is -4.58. The van der Waals surface area contributed by atoms with Crippen molar-refractivity contribution in [3.8, 4) is 0 Å². The SMILES string of the molecule is CC(O)CN1CCC(O)(C(F)(F)F)C1. The molecule has 1 aliphatic heterocycles. The van der Waals surface area contributed by atoms with Crippen LogP contribution in [-0.4, -0.2) is 52.6 Å². The molecule has 0 bridgehead atoms. The largest absolute Gasteiger partial charge is 0.418 e. The van der Waals surface area contributed by atoms with Gasteiger partial charge >= 0.3 is 6.18 Å². The molecule has 0 saturated carbocycles. The van der Waals surface area contributed by atoms with Gasteiger partial charge < -0.3 is 10.2 Å². The topological polar surface area (TPSA) is 43.7 Å². The number of aliphatic hydroxyl groups is 2. The summed E-state index contributed by atoms with van der Waals surface area (Å²) in [5.74, 6) is 0. The smallest absolute Gasteiger partial charge is 0.392 e. The molecule has 1 saturated heterocycles. The fraction of sp³-hybridized carbons (Fsp3) is 1.00. The van der Waals surface area contributed by atoms with E-state index < -0.39 is 24.4 Å². The zero-order chi connectivity index (χ0) is 11.0. The molecule has 0 aromatic rings. The lowest BCUT2D eigenvalue weighted by molar-refractivity contribution is -0.254. The molecule has 14 heavy (non-hydrogen) atoms. The maximum atomic E-state index is 12.3. The van der Waals surface area contributed by atoms with Gasteiger partial charge in [-0.25, -0.2) is 0 Å². The highest BCUT2D eigenvalue weighted by molar-refractivity contribution is 4.96. The highest BCUT2D eigenvalue weighted by Gasteiger charge is 2.56. The van der Waals surface area contributed by atoms with Crippen LogP contribution in [0.15, 0.2) is 0 Å². The van der Waals surface area contributed by atoms with Gasteiger partial charge in [0.15, 0.2) is 5.60 Å². The van der Waals surface area contributed by atoms with Crippen molar-refractivity contribution in [2.75, 3.05) is 19.6 Å². The molecule has 1 heterocycles. The first-order chi connectivity index (χ1) is 6.24. The molecule has 0 spiro atoms.